The van der Waals surface area contributed by atoms with E-state index in [-0.39, 0.29) is 5.92 Å². The van der Waals surface area contributed by atoms with E-state index in [1.54, 1.807) is 7.11 Å². The summed E-state index contributed by atoms with van der Waals surface area (Å²) in [6.45, 7) is 3.78. The number of pyridine rings is 1. The molecule has 4 rings (SSSR count). The molecule has 0 saturated carbocycles. The van der Waals surface area contributed by atoms with Crippen molar-refractivity contribution in [2.75, 3.05) is 7.11 Å². The molecule has 0 fully saturated rings. The van der Waals surface area contributed by atoms with E-state index in [9.17, 15) is 10.2 Å². The Morgan fingerprint density at radius 2 is 1.73 bits per heavy atom. The van der Waals surface area contributed by atoms with Crippen LogP contribution in [0, 0.1) is 5.92 Å². The van der Waals surface area contributed by atoms with Gasteiger partial charge in [0.15, 0.2) is 0 Å². The first-order valence-corrected chi connectivity index (χ1v) is 10.1. The Morgan fingerprint density at radius 3 is 2.50 bits per heavy atom. The molecule has 3 N–H and O–H groups in total. The maximum Gasteiger partial charge on any atom is 0.137 e. The minimum atomic E-state index is -0.932. The largest absolute Gasteiger partial charge is 0.496 e. The zero-order chi connectivity index (χ0) is 21.3. The number of H-pyrrole nitrogens is 1. The lowest BCUT2D eigenvalue weighted by molar-refractivity contribution is -0.00937. The number of hydrogen-bond acceptors (Lipinski definition) is 4. The third kappa shape index (κ3) is 3.70. The lowest BCUT2D eigenvalue weighted by Crippen LogP contribution is -2.23. The summed E-state index contributed by atoms with van der Waals surface area (Å²) in [4.78, 5) is 7.82. The summed E-state index contributed by atoms with van der Waals surface area (Å²) in [7, 11) is 1.67. The number of nitrogens with zero attached hydrogens (tertiary/aromatic N) is 1. The number of methoxy groups -OCH3 is 1. The van der Waals surface area contributed by atoms with Crippen molar-refractivity contribution in [1.82, 2.24) is 9.97 Å². The maximum absolute atomic E-state index is 10.5. The first kappa shape index (κ1) is 20.1. The van der Waals surface area contributed by atoms with Crippen molar-refractivity contribution in [3.05, 3.63) is 72.6 Å². The van der Waals surface area contributed by atoms with Crippen molar-refractivity contribution in [3.63, 3.8) is 0 Å². The van der Waals surface area contributed by atoms with Gasteiger partial charge >= 0.3 is 0 Å². The fourth-order valence-electron chi connectivity index (χ4n) is 3.72. The van der Waals surface area contributed by atoms with Crippen LogP contribution >= 0.6 is 0 Å². The lowest BCUT2D eigenvalue weighted by Gasteiger charge is -2.21. The second kappa shape index (κ2) is 8.30. The van der Waals surface area contributed by atoms with Crippen molar-refractivity contribution >= 4 is 11.0 Å². The topological polar surface area (TPSA) is 78.4 Å². The van der Waals surface area contributed by atoms with Crippen LogP contribution in [0.4, 0.5) is 0 Å². The number of aromatic nitrogens is 2. The molecule has 2 atom stereocenters. The van der Waals surface area contributed by atoms with Crippen molar-refractivity contribution in [1.29, 1.82) is 0 Å². The van der Waals surface area contributed by atoms with Crippen LogP contribution in [0.2, 0.25) is 0 Å². The first-order chi connectivity index (χ1) is 14.5. The van der Waals surface area contributed by atoms with Gasteiger partial charge in [-0.05, 0) is 35.2 Å². The predicted molar refractivity (Wildman–Crippen MR) is 119 cm³/mol. The number of rotatable bonds is 6. The molecule has 5 heteroatoms. The summed E-state index contributed by atoms with van der Waals surface area (Å²) < 4.78 is 5.53. The third-order valence-corrected chi connectivity index (χ3v) is 5.50. The molecule has 0 unspecified atom stereocenters. The second-order valence-electron chi connectivity index (χ2n) is 7.83. The van der Waals surface area contributed by atoms with Crippen LogP contribution in [0.25, 0.3) is 33.3 Å². The minimum absolute atomic E-state index is 0.0371. The molecule has 0 radical (unpaired) electrons. The van der Waals surface area contributed by atoms with Gasteiger partial charge in [0.25, 0.3) is 0 Å². The summed E-state index contributed by atoms with van der Waals surface area (Å²) in [6.07, 6.45) is 2.01. The van der Waals surface area contributed by atoms with Gasteiger partial charge in [-0.15, -0.1) is 0 Å². The van der Waals surface area contributed by atoms with E-state index in [0.717, 1.165) is 39.0 Å². The van der Waals surface area contributed by atoms with E-state index < -0.39 is 12.2 Å². The van der Waals surface area contributed by atoms with E-state index in [0.29, 0.717) is 5.56 Å². The standard InChI is InChI=1S/C25H26N2O3/c1-15(2)23(28)24(29)17-8-6-7-16(11-17)18-12-20-21(14-27-25(20)26-13-18)19-9-4-5-10-22(19)30-3/h4-15,23-24,28-29H,1-3H3,(H,26,27)/t23-,24-/m0/s1. The average molecular weight is 402 g/mol. The number of aromatic amines is 1. The Hall–Kier alpha value is -3.15. The summed E-state index contributed by atoms with van der Waals surface area (Å²) >= 11 is 0. The number of fused-ring (bicyclic) bond motifs is 1. The molecule has 4 aromatic rings. The maximum atomic E-state index is 10.5. The van der Waals surface area contributed by atoms with Gasteiger partial charge in [0.1, 0.15) is 17.5 Å². The molecular weight excluding hydrogens is 376 g/mol. The van der Waals surface area contributed by atoms with Crippen LogP contribution in [-0.2, 0) is 0 Å². The highest BCUT2D eigenvalue weighted by atomic mass is 16.5. The Balaban J connectivity index is 1.77. The minimum Gasteiger partial charge on any atom is -0.496 e. The van der Waals surface area contributed by atoms with Crippen molar-refractivity contribution in [2.24, 2.45) is 5.92 Å². The second-order valence-corrected chi connectivity index (χ2v) is 7.83. The molecule has 2 aromatic heterocycles. The fourth-order valence-corrected chi connectivity index (χ4v) is 3.72. The monoisotopic (exact) mass is 402 g/mol. The van der Waals surface area contributed by atoms with Gasteiger partial charge in [0.05, 0.1) is 13.2 Å². The van der Waals surface area contributed by atoms with Crippen molar-refractivity contribution in [3.8, 4) is 28.0 Å². The van der Waals surface area contributed by atoms with Crippen LogP contribution in [-0.4, -0.2) is 33.4 Å². The van der Waals surface area contributed by atoms with E-state index in [2.05, 4.69) is 16.0 Å². The zero-order valence-corrected chi connectivity index (χ0v) is 17.3. The van der Waals surface area contributed by atoms with Crippen LogP contribution in [0.1, 0.15) is 25.5 Å². The normalized spacial score (nSPS) is 13.5. The van der Waals surface area contributed by atoms with E-state index >= 15 is 0 Å². The number of hydrogen-bond donors (Lipinski definition) is 3. The molecule has 0 aliphatic heterocycles. The number of aliphatic hydroxyl groups is 2. The Kier molecular flexibility index (Phi) is 5.57. The van der Waals surface area contributed by atoms with Crippen LogP contribution < -0.4 is 4.74 Å². The number of benzene rings is 2. The summed E-state index contributed by atoms with van der Waals surface area (Å²) in [5, 5.41) is 21.8. The number of aliphatic hydroxyl groups excluding tert-OH is 2. The summed E-state index contributed by atoms with van der Waals surface area (Å²) in [6, 6.07) is 17.6. The van der Waals surface area contributed by atoms with Gasteiger partial charge in [-0.2, -0.15) is 0 Å². The summed E-state index contributed by atoms with van der Waals surface area (Å²) in [5.41, 5.74) is 5.37. The van der Waals surface area contributed by atoms with E-state index in [4.69, 9.17) is 4.74 Å². The van der Waals surface area contributed by atoms with Gasteiger partial charge in [0, 0.05) is 34.5 Å². The highest BCUT2D eigenvalue weighted by Crippen LogP contribution is 2.36. The molecule has 2 aromatic carbocycles. The third-order valence-electron chi connectivity index (χ3n) is 5.50. The van der Waals surface area contributed by atoms with E-state index in [1.165, 1.54) is 0 Å². The molecular formula is C25H26N2O3. The quantitative estimate of drug-likeness (QED) is 0.426. The SMILES string of the molecule is COc1ccccc1-c1c[nH]c2ncc(-c3cccc([C@H](O)[C@@H](O)C(C)C)c3)cc12. The molecule has 0 bridgehead atoms. The van der Waals surface area contributed by atoms with Gasteiger partial charge in [-0.25, -0.2) is 4.98 Å². The molecule has 0 spiro atoms. The summed E-state index contributed by atoms with van der Waals surface area (Å²) in [5.74, 6) is 0.765. The molecule has 154 valence electrons. The molecule has 0 saturated heterocycles. The Labute approximate surface area is 176 Å². The highest BCUT2D eigenvalue weighted by Gasteiger charge is 2.22. The number of nitrogens with one attached hydrogen (secondary N) is 1. The predicted octanol–water partition coefficient (Wildman–Crippen LogP) is 4.96. The zero-order valence-electron chi connectivity index (χ0n) is 17.3. The van der Waals surface area contributed by atoms with Crippen molar-refractivity contribution < 1.29 is 14.9 Å². The van der Waals surface area contributed by atoms with Gasteiger partial charge in [0.2, 0.25) is 0 Å². The molecule has 0 amide bonds. The lowest BCUT2D eigenvalue weighted by atomic mass is 9.94. The van der Waals surface area contributed by atoms with Gasteiger partial charge in [-0.3, -0.25) is 0 Å². The molecule has 30 heavy (non-hydrogen) atoms. The number of para-hydroxylation sites is 1. The fraction of sp³-hybridized carbons (Fsp3) is 0.240. The van der Waals surface area contributed by atoms with Crippen LogP contribution in [0.5, 0.6) is 5.75 Å². The number of ether oxygens (including phenoxy) is 1. The van der Waals surface area contributed by atoms with Crippen LogP contribution in [0.15, 0.2) is 67.0 Å². The molecule has 0 aliphatic carbocycles. The van der Waals surface area contributed by atoms with Gasteiger partial charge in [-0.1, -0.05) is 50.2 Å². The average Bonchev–Trinajstić information content (AvgIpc) is 3.21. The van der Waals surface area contributed by atoms with Crippen molar-refractivity contribution in [2.45, 2.75) is 26.1 Å². The van der Waals surface area contributed by atoms with Gasteiger partial charge < -0.3 is 19.9 Å². The molecule has 5 nitrogen and oxygen atoms in total. The Morgan fingerprint density at radius 1 is 0.933 bits per heavy atom. The highest BCUT2D eigenvalue weighted by molar-refractivity contribution is 5.97. The Bertz CT molecular complexity index is 1170. The smallest absolute Gasteiger partial charge is 0.137 e. The first-order valence-electron chi connectivity index (χ1n) is 10.1. The van der Waals surface area contributed by atoms with E-state index in [1.807, 2.05) is 74.8 Å². The molecule has 2 heterocycles. The van der Waals surface area contributed by atoms with Crippen LogP contribution in [0.3, 0.4) is 0 Å². The molecule has 0 aliphatic rings.